The van der Waals surface area contributed by atoms with E-state index < -0.39 is 5.97 Å². The number of carboxylic acids is 1. The van der Waals surface area contributed by atoms with Gasteiger partial charge in [0.15, 0.2) is 0 Å². The normalized spacial score (nSPS) is 10.8. The number of aliphatic carboxylic acids is 1. The van der Waals surface area contributed by atoms with Crippen LogP contribution >= 0.6 is 0 Å². The zero-order valence-corrected chi connectivity index (χ0v) is 9.16. The third-order valence-electron chi connectivity index (χ3n) is 2.25. The molecular weight excluding hydrogens is 188 g/mol. The number of benzene rings is 1. The van der Waals surface area contributed by atoms with E-state index in [1.54, 1.807) is 0 Å². The molecule has 0 bridgehead atoms. The molecule has 2 heteroatoms. The molecule has 1 N–H and O–H groups in total. The molecule has 0 fully saturated rings. The molecule has 0 amide bonds. The Labute approximate surface area is 90.3 Å². The van der Waals surface area contributed by atoms with Crippen molar-refractivity contribution in [2.24, 2.45) is 0 Å². The van der Waals surface area contributed by atoms with Crippen LogP contribution in [-0.2, 0) is 4.79 Å². The Hall–Kier alpha value is -1.57. The summed E-state index contributed by atoms with van der Waals surface area (Å²) in [6, 6.07) is 6.24. The maximum Gasteiger partial charge on any atom is 0.303 e. The molecule has 0 aliphatic carbocycles. The standard InChI is InChI=1S/C13H16O2/c1-10-7-8-12(11(2)9-10)5-3-4-6-13(14)15/h3,5,7-9H,4,6H2,1-2H3,(H,14,15)/b5-3+. The smallest absolute Gasteiger partial charge is 0.303 e. The van der Waals surface area contributed by atoms with Crippen LogP contribution in [0.1, 0.15) is 29.5 Å². The van der Waals surface area contributed by atoms with Crippen molar-refractivity contribution in [2.45, 2.75) is 26.7 Å². The lowest BCUT2D eigenvalue weighted by Gasteiger charge is -2.01. The summed E-state index contributed by atoms with van der Waals surface area (Å²) < 4.78 is 0. The summed E-state index contributed by atoms with van der Waals surface area (Å²) in [6.07, 6.45) is 4.67. The summed E-state index contributed by atoms with van der Waals surface area (Å²) in [5.41, 5.74) is 3.63. The van der Waals surface area contributed by atoms with Crippen LogP contribution in [0.4, 0.5) is 0 Å². The van der Waals surface area contributed by atoms with Crippen LogP contribution < -0.4 is 0 Å². The molecule has 0 saturated heterocycles. The maximum absolute atomic E-state index is 10.3. The minimum absolute atomic E-state index is 0.196. The second kappa shape index (κ2) is 5.35. The van der Waals surface area contributed by atoms with Crippen LogP contribution in [0.5, 0.6) is 0 Å². The van der Waals surface area contributed by atoms with Crippen molar-refractivity contribution in [3.8, 4) is 0 Å². The summed E-state index contributed by atoms with van der Waals surface area (Å²) in [4.78, 5) is 10.3. The van der Waals surface area contributed by atoms with Gasteiger partial charge in [0, 0.05) is 6.42 Å². The Morgan fingerprint density at radius 1 is 1.40 bits per heavy atom. The van der Waals surface area contributed by atoms with Crippen LogP contribution in [-0.4, -0.2) is 11.1 Å². The number of hydrogen-bond acceptors (Lipinski definition) is 1. The summed E-state index contributed by atoms with van der Waals surface area (Å²) in [6.45, 7) is 4.12. The van der Waals surface area contributed by atoms with Crippen LogP contribution in [0.15, 0.2) is 24.3 Å². The van der Waals surface area contributed by atoms with Crippen LogP contribution in [0.25, 0.3) is 6.08 Å². The van der Waals surface area contributed by atoms with Gasteiger partial charge < -0.3 is 5.11 Å². The molecule has 0 aliphatic heterocycles. The van der Waals surface area contributed by atoms with Crippen molar-refractivity contribution in [2.75, 3.05) is 0 Å². The van der Waals surface area contributed by atoms with Gasteiger partial charge in [-0.3, -0.25) is 4.79 Å². The molecule has 0 heterocycles. The van der Waals surface area contributed by atoms with Gasteiger partial charge in [0.2, 0.25) is 0 Å². The predicted molar refractivity (Wildman–Crippen MR) is 61.8 cm³/mol. The molecule has 0 atom stereocenters. The van der Waals surface area contributed by atoms with Crippen molar-refractivity contribution in [3.05, 3.63) is 41.0 Å². The van der Waals surface area contributed by atoms with E-state index in [-0.39, 0.29) is 6.42 Å². The van der Waals surface area contributed by atoms with Gasteiger partial charge in [0.1, 0.15) is 0 Å². The Morgan fingerprint density at radius 2 is 2.13 bits per heavy atom. The first-order valence-electron chi connectivity index (χ1n) is 5.05. The lowest BCUT2D eigenvalue weighted by Crippen LogP contribution is -1.91. The van der Waals surface area contributed by atoms with Gasteiger partial charge in [-0.15, -0.1) is 0 Å². The van der Waals surface area contributed by atoms with Gasteiger partial charge in [-0.05, 0) is 31.4 Å². The van der Waals surface area contributed by atoms with Crippen LogP contribution in [0.3, 0.4) is 0 Å². The SMILES string of the molecule is Cc1ccc(/C=C/CCC(=O)O)c(C)c1. The Bertz CT molecular complexity index is 378. The van der Waals surface area contributed by atoms with Gasteiger partial charge in [-0.2, -0.15) is 0 Å². The van der Waals surface area contributed by atoms with Crippen molar-refractivity contribution >= 4 is 12.0 Å². The van der Waals surface area contributed by atoms with Crippen molar-refractivity contribution in [3.63, 3.8) is 0 Å². The van der Waals surface area contributed by atoms with E-state index in [2.05, 4.69) is 32.0 Å². The first-order valence-corrected chi connectivity index (χ1v) is 5.05. The third-order valence-corrected chi connectivity index (χ3v) is 2.25. The largest absolute Gasteiger partial charge is 0.481 e. The van der Waals surface area contributed by atoms with Crippen LogP contribution in [0, 0.1) is 13.8 Å². The Morgan fingerprint density at radius 3 is 2.73 bits per heavy atom. The second-order valence-electron chi connectivity index (χ2n) is 3.69. The third kappa shape index (κ3) is 3.98. The van der Waals surface area contributed by atoms with Gasteiger partial charge in [0.05, 0.1) is 0 Å². The zero-order valence-electron chi connectivity index (χ0n) is 9.16. The number of rotatable bonds is 4. The fraction of sp³-hybridized carbons (Fsp3) is 0.308. The van der Waals surface area contributed by atoms with E-state index >= 15 is 0 Å². The summed E-state index contributed by atoms with van der Waals surface area (Å²) in [5.74, 6) is -0.750. The molecule has 0 aliphatic rings. The van der Waals surface area contributed by atoms with Crippen LogP contribution in [0.2, 0.25) is 0 Å². The highest BCUT2D eigenvalue weighted by molar-refractivity contribution is 5.67. The van der Waals surface area contributed by atoms with E-state index in [1.807, 2.05) is 12.2 Å². The fourth-order valence-corrected chi connectivity index (χ4v) is 1.43. The minimum Gasteiger partial charge on any atom is -0.481 e. The van der Waals surface area contributed by atoms with Gasteiger partial charge in [0.25, 0.3) is 0 Å². The summed E-state index contributed by atoms with van der Waals surface area (Å²) in [5, 5.41) is 8.47. The summed E-state index contributed by atoms with van der Waals surface area (Å²) >= 11 is 0. The first-order chi connectivity index (χ1) is 7.09. The second-order valence-corrected chi connectivity index (χ2v) is 3.69. The molecule has 1 aromatic carbocycles. The highest BCUT2D eigenvalue weighted by atomic mass is 16.4. The van der Waals surface area contributed by atoms with Gasteiger partial charge in [-0.1, -0.05) is 35.9 Å². The van der Waals surface area contributed by atoms with Gasteiger partial charge >= 0.3 is 5.97 Å². The van der Waals surface area contributed by atoms with Crippen molar-refractivity contribution in [1.29, 1.82) is 0 Å². The quantitative estimate of drug-likeness (QED) is 0.817. The van der Waals surface area contributed by atoms with E-state index in [9.17, 15) is 4.79 Å². The molecule has 80 valence electrons. The highest BCUT2D eigenvalue weighted by Gasteiger charge is 1.95. The number of allylic oxidation sites excluding steroid dienone is 1. The molecule has 0 aromatic heterocycles. The Balaban J connectivity index is 2.60. The van der Waals surface area contributed by atoms with E-state index in [0.29, 0.717) is 6.42 Å². The average Bonchev–Trinajstić information content (AvgIpc) is 2.14. The number of hydrogen-bond donors (Lipinski definition) is 1. The highest BCUT2D eigenvalue weighted by Crippen LogP contribution is 2.12. The maximum atomic E-state index is 10.3. The lowest BCUT2D eigenvalue weighted by molar-refractivity contribution is -0.136. The molecular formula is C13H16O2. The summed E-state index contributed by atoms with van der Waals surface area (Å²) in [7, 11) is 0. The van der Waals surface area contributed by atoms with E-state index in [0.717, 1.165) is 5.56 Å². The molecule has 0 unspecified atom stereocenters. The fourth-order valence-electron chi connectivity index (χ4n) is 1.43. The molecule has 15 heavy (non-hydrogen) atoms. The monoisotopic (exact) mass is 204 g/mol. The molecule has 1 rings (SSSR count). The van der Waals surface area contributed by atoms with Gasteiger partial charge in [-0.25, -0.2) is 0 Å². The predicted octanol–water partition coefficient (Wildman–Crippen LogP) is 3.18. The first kappa shape index (κ1) is 11.5. The minimum atomic E-state index is -0.750. The molecule has 2 nitrogen and oxygen atoms in total. The van der Waals surface area contributed by atoms with E-state index in [1.165, 1.54) is 11.1 Å². The van der Waals surface area contributed by atoms with Crippen molar-refractivity contribution < 1.29 is 9.90 Å². The number of aryl methyl sites for hydroxylation is 2. The number of carbonyl (C=O) groups is 1. The molecule has 0 radical (unpaired) electrons. The Kier molecular flexibility index (Phi) is 4.10. The zero-order chi connectivity index (χ0) is 11.3. The number of carboxylic acid groups (broad SMARTS) is 1. The molecule has 1 aromatic rings. The molecule has 0 saturated carbocycles. The topological polar surface area (TPSA) is 37.3 Å². The molecule has 0 spiro atoms. The average molecular weight is 204 g/mol. The van der Waals surface area contributed by atoms with E-state index in [4.69, 9.17) is 5.11 Å². The lowest BCUT2D eigenvalue weighted by atomic mass is 10.1. The van der Waals surface area contributed by atoms with Crippen molar-refractivity contribution in [1.82, 2.24) is 0 Å².